The summed E-state index contributed by atoms with van der Waals surface area (Å²) in [4.78, 5) is 51.1. The van der Waals surface area contributed by atoms with Crippen molar-refractivity contribution in [1.29, 1.82) is 0 Å². The van der Waals surface area contributed by atoms with Crippen molar-refractivity contribution in [2.75, 3.05) is 20.3 Å². The van der Waals surface area contributed by atoms with Gasteiger partial charge in [0.05, 0.1) is 24.7 Å². The van der Waals surface area contributed by atoms with Crippen LogP contribution in [-0.4, -0.2) is 71.3 Å². The van der Waals surface area contributed by atoms with Gasteiger partial charge in [0.15, 0.2) is 0 Å². The molecule has 2 aliphatic heterocycles. The number of benzene rings is 2. The first kappa shape index (κ1) is 30.0. The van der Waals surface area contributed by atoms with Crippen molar-refractivity contribution in [2.45, 2.75) is 59.2 Å². The van der Waals surface area contributed by atoms with Crippen molar-refractivity contribution >= 4 is 35.1 Å². The van der Waals surface area contributed by atoms with Crippen LogP contribution in [0.5, 0.6) is 5.88 Å². The summed E-state index contributed by atoms with van der Waals surface area (Å²) in [6, 6.07) is 13.5. The third-order valence-corrected chi connectivity index (χ3v) is 7.67. The van der Waals surface area contributed by atoms with Crippen LogP contribution in [-0.2, 0) is 19.1 Å². The second-order valence-corrected chi connectivity index (χ2v) is 12.8. The van der Waals surface area contributed by atoms with E-state index in [4.69, 9.17) is 24.2 Å². The van der Waals surface area contributed by atoms with Crippen LogP contribution in [0.3, 0.4) is 0 Å². The number of hydrogen-bond acceptors (Lipinski definition) is 8. The van der Waals surface area contributed by atoms with Crippen LogP contribution in [0.4, 0.5) is 4.79 Å². The highest BCUT2D eigenvalue weighted by Crippen LogP contribution is 2.34. The molecule has 0 radical (unpaired) electrons. The van der Waals surface area contributed by atoms with E-state index >= 15 is 0 Å². The molecule has 10 heteroatoms. The summed E-state index contributed by atoms with van der Waals surface area (Å²) >= 11 is 0. The minimum atomic E-state index is -0.973. The number of esters is 1. The van der Waals surface area contributed by atoms with Crippen LogP contribution in [0.1, 0.15) is 46.6 Å². The Morgan fingerprint density at radius 2 is 1.79 bits per heavy atom. The molecule has 3 atom stereocenters. The molecule has 1 saturated heterocycles. The average Bonchev–Trinajstić information content (AvgIpc) is 3.40. The van der Waals surface area contributed by atoms with Crippen molar-refractivity contribution in [2.24, 2.45) is 10.8 Å². The van der Waals surface area contributed by atoms with Crippen molar-refractivity contribution in [1.82, 2.24) is 20.2 Å². The Labute approximate surface area is 251 Å². The van der Waals surface area contributed by atoms with E-state index in [1.54, 1.807) is 0 Å². The van der Waals surface area contributed by atoms with Gasteiger partial charge in [-0.25, -0.2) is 19.6 Å². The monoisotopic (exact) mass is 586 g/mol. The predicted octanol–water partition coefficient (Wildman–Crippen LogP) is 5.01. The summed E-state index contributed by atoms with van der Waals surface area (Å²) in [5.41, 5.74) is 2.46. The molecule has 5 rings (SSSR count). The van der Waals surface area contributed by atoms with Crippen molar-refractivity contribution in [3.8, 4) is 17.1 Å². The number of methoxy groups -OCH3 is 1. The van der Waals surface area contributed by atoms with Crippen LogP contribution in [0.25, 0.3) is 28.4 Å². The van der Waals surface area contributed by atoms with Gasteiger partial charge in [-0.2, -0.15) is 0 Å². The third kappa shape index (κ3) is 6.63. The number of amides is 2. The van der Waals surface area contributed by atoms with Gasteiger partial charge in [-0.05, 0) is 29.2 Å². The van der Waals surface area contributed by atoms with Crippen LogP contribution in [0.2, 0.25) is 0 Å². The van der Waals surface area contributed by atoms with E-state index in [1.165, 1.54) is 12.0 Å². The van der Waals surface area contributed by atoms with Crippen LogP contribution in [0, 0.1) is 10.8 Å². The van der Waals surface area contributed by atoms with Crippen molar-refractivity contribution < 1.29 is 28.6 Å². The number of hydrogen-bond donors (Lipinski definition) is 1. The number of rotatable bonds is 1. The highest BCUT2D eigenvalue weighted by atomic mass is 16.5. The third-order valence-electron chi connectivity index (χ3n) is 7.67. The number of nitrogens with zero attached hydrogens (tertiary/aromatic N) is 3. The van der Waals surface area contributed by atoms with Gasteiger partial charge in [0.1, 0.15) is 30.5 Å². The SMILES string of the molecule is COC(=O)[C@@H]1C[C@@H]2CN1C(=O)[C@H](C(C)(C)C)NC(=O)OCC(C)(C)/C=C/c1cccc(c1)-c1nc3ccccc3nc1O2. The Morgan fingerprint density at radius 1 is 1.07 bits per heavy atom. The topological polar surface area (TPSA) is 120 Å². The molecule has 0 aliphatic carbocycles. The highest BCUT2D eigenvalue weighted by Gasteiger charge is 2.46. The summed E-state index contributed by atoms with van der Waals surface area (Å²) < 4.78 is 17.1. The lowest BCUT2D eigenvalue weighted by molar-refractivity contribution is -0.152. The molecule has 2 aromatic carbocycles. The normalized spacial score (nSPS) is 23.2. The summed E-state index contributed by atoms with van der Waals surface area (Å²) in [5.74, 6) is -0.687. The second-order valence-electron chi connectivity index (χ2n) is 12.8. The molecule has 4 bridgehead atoms. The molecule has 0 spiro atoms. The molecular weight excluding hydrogens is 548 g/mol. The molecule has 43 heavy (non-hydrogen) atoms. The maximum atomic E-state index is 14.0. The summed E-state index contributed by atoms with van der Waals surface area (Å²) in [5, 5.41) is 2.76. The van der Waals surface area contributed by atoms with E-state index in [9.17, 15) is 14.4 Å². The maximum absolute atomic E-state index is 14.0. The van der Waals surface area contributed by atoms with Gasteiger partial charge in [0.2, 0.25) is 11.8 Å². The number of alkyl carbamates (subject to hydrolysis) is 1. The second kappa shape index (κ2) is 11.7. The zero-order valence-electron chi connectivity index (χ0n) is 25.4. The molecule has 0 saturated carbocycles. The first-order valence-corrected chi connectivity index (χ1v) is 14.4. The largest absolute Gasteiger partial charge is 0.471 e. The molecule has 2 amide bonds. The number of para-hydroxylation sites is 2. The zero-order valence-corrected chi connectivity index (χ0v) is 25.4. The van der Waals surface area contributed by atoms with Crippen LogP contribution < -0.4 is 10.1 Å². The van der Waals surface area contributed by atoms with Crippen molar-refractivity contribution in [3.05, 3.63) is 60.2 Å². The number of aromatic nitrogens is 2. The Morgan fingerprint density at radius 3 is 2.49 bits per heavy atom. The number of nitrogens with one attached hydrogen (secondary N) is 1. The molecule has 3 aromatic rings. The fourth-order valence-electron chi connectivity index (χ4n) is 5.28. The van der Waals surface area contributed by atoms with Gasteiger partial charge in [-0.15, -0.1) is 0 Å². The van der Waals surface area contributed by atoms with Crippen LogP contribution >= 0.6 is 0 Å². The number of carbonyl (C=O) groups excluding carboxylic acids is 3. The van der Waals surface area contributed by atoms with Gasteiger partial charge in [0, 0.05) is 17.4 Å². The van der Waals surface area contributed by atoms with Gasteiger partial charge < -0.3 is 24.4 Å². The smallest absolute Gasteiger partial charge is 0.407 e. The fourth-order valence-corrected chi connectivity index (χ4v) is 5.28. The number of carbonyl (C=O) groups is 3. The van der Waals surface area contributed by atoms with Crippen molar-refractivity contribution in [3.63, 3.8) is 0 Å². The van der Waals surface area contributed by atoms with Gasteiger partial charge in [0.25, 0.3) is 0 Å². The predicted molar refractivity (Wildman–Crippen MR) is 162 cm³/mol. The standard InChI is InChI=1S/C33H38N4O6/c1-32(2,3)27-29(38)37-18-22(17-25(37)30(39)41-6)43-28-26(34-23-12-7-8-13-24(23)35-28)21-11-9-10-20(16-21)14-15-33(4,5)19-42-31(40)36-27/h7-16,22,25,27H,17-19H2,1-6H3,(H,36,40)/b15-14+/t22-,25+,27-/m1/s1. The molecule has 3 heterocycles. The fraction of sp³-hybridized carbons (Fsp3) is 0.424. The first-order chi connectivity index (χ1) is 20.3. The van der Waals surface area contributed by atoms with E-state index in [2.05, 4.69) is 5.32 Å². The molecule has 226 valence electrons. The Bertz CT molecular complexity index is 1580. The van der Waals surface area contributed by atoms with Gasteiger partial charge in [-0.3, -0.25) is 4.79 Å². The maximum Gasteiger partial charge on any atom is 0.407 e. The quantitative estimate of drug-likeness (QED) is 0.395. The average molecular weight is 587 g/mol. The van der Waals surface area contributed by atoms with E-state index in [-0.39, 0.29) is 19.6 Å². The Hall–Kier alpha value is -4.47. The summed E-state index contributed by atoms with van der Waals surface area (Å²) in [6.45, 7) is 9.62. The number of ether oxygens (including phenoxy) is 3. The molecule has 1 N–H and O–H groups in total. The zero-order chi connectivity index (χ0) is 30.9. The Kier molecular flexibility index (Phi) is 8.14. The summed E-state index contributed by atoms with van der Waals surface area (Å²) in [6.07, 6.45) is 2.84. The van der Waals surface area contributed by atoms with E-state index < -0.39 is 47.0 Å². The van der Waals surface area contributed by atoms with E-state index in [0.29, 0.717) is 22.6 Å². The lowest BCUT2D eigenvalue weighted by Crippen LogP contribution is -2.57. The lowest BCUT2D eigenvalue weighted by atomic mass is 9.85. The van der Waals surface area contributed by atoms with E-state index in [1.807, 2.05) is 95.3 Å². The molecule has 10 nitrogen and oxygen atoms in total. The Balaban J connectivity index is 1.63. The van der Waals surface area contributed by atoms with Crippen LogP contribution in [0.15, 0.2) is 54.6 Å². The minimum absolute atomic E-state index is 0.0881. The number of fused-ring (bicyclic) bond motifs is 7. The lowest BCUT2D eigenvalue weighted by Gasteiger charge is -2.35. The highest BCUT2D eigenvalue weighted by molar-refractivity contribution is 5.91. The van der Waals surface area contributed by atoms with E-state index in [0.717, 1.165) is 11.1 Å². The molecule has 1 fully saturated rings. The van der Waals surface area contributed by atoms with Gasteiger partial charge in [-0.1, -0.05) is 77.1 Å². The minimum Gasteiger partial charge on any atom is -0.471 e. The summed E-state index contributed by atoms with van der Waals surface area (Å²) in [7, 11) is 1.28. The molecule has 0 unspecified atom stereocenters. The molecule has 2 aliphatic rings. The number of cyclic esters (lactones) is 1. The first-order valence-electron chi connectivity index (χ1n) is 14.4. The molecule has 1 aromatic heterocycles. The van der Waals surface area contributed by atoms with Gasteiger partial charge >= 0.3 is 12.1 Å². The molecular formula is C33H38N4O6.